The summed E-state index contributed by atoms with van der Waals surface area (Å²) in [5.74, 6) is 0. The zero-order valence-corrected chi connectivity index (χ0v) is 28.8. The Hall–Kier alpha value is -4.56. The summed E-state index contributed by atoms with van der Waals surface area (Å²) in [4.78, 5) is 10.1. The molecule has 5 rings (SSSR count). The molecule has 0 heterocycles. The van der Waals surface area contributed by atoms with Crippen molar-refractivity contribution in [2.75, 3.05) is 0 Å². The van der Waals surface area contributed by atoms with E-state index in [4.69, 9.17) is 9.98 Å². The summed E-state index contributed by atoms with van der Waals surface area (Å²) < 4.78 is 0. The van der Waals surface area contributed by atoms with Crippen molar-refractivity contribution in [2.45, 2.75) is 85.5 Å². The summed E-state index contributed by atoms with van der Waals surface area (Å²) in [6.07, 6.45) is 12.4. The molecule has 0 aliphatic rings. The smallest absolute Gasteiger partial charge is 0.0642 e. The molecule has 0 amide bonds. The largest absolute Gasteiger partial charge is 0.255 e. The van der Waals surface area contributed by atoms with Crippen LogP contribution >= 0.6 is 0 Å². The molecule has 0 saturated carbocycles. The van der Waals surface area contributed by atoms with Gasteiger partial charge in [0.15, 0.2) is 0 Å². The molecule has 0 N–H and O–H groups in total. The van der Waals surface area contributed by atoms with Gasteiger partial charge in [-0.15, -0.1) is 0 Å². The fraction of sp³-hybridized carbons (Fsp3) is 0.289. The fourth-order valence-electron chi connectivity index (χ4n) is 6.51. The highest BCUT2D eigenvalue weighted by Crippen LogP contribution is 2.39. The van der Waals surface area contributed by atoms with Crippen LogP contribution in [0.1, 0.15) is 82.9 Å². The first kappa shape index (κ1) is 33.8. The highest BCUT2D eigenvalue weighted by Gasteiger charge is 2.15. The van der Waals surface area contributed by atoms with Crippen LogP contribution in [0.15, 0.2) is 125 Å². The average molecular weight is 619 g/mol. The third-order valence-corrected chi connectivity index (χ3v) is 8.93. The molecule has 0 aromatic heterocycles. The van der Waals surface area contributed by atoms with E-state index in [2.05, 4.69) is 143 Å². The minimum atomic E-state index is 0.890. The van der Waals surface area contributed by atoms with Gasteiger partial charge in [0.25, 0.3) is 0 Å². The fourth-order valence-corrected chi connectivity index (χ4v) is 6.51. The van der Waals surface area contributed by atoms with E-state index < -0.39 is 0 Å². The van der Waals surface area contributed by atoms with Crippen molar-refractivity contribution in [3.05, 3.63) is 132 Å². The maximum atomic E-state index is 5.13. The van der Waals surface area contributed by atoms with Crippen LogP contribution in [0, 0.1) is 0 Å². The number of aliphatic imine (C=N–C) groups is 2. The predicted molar refractivity (Wildman–Crippen MR) is 206 cm³/mol. The van der Waals surface area contributed by atoms with Gasteiger partial charge in [0.1, 0.15) is 0 Å². The van der Waals surface area contributed by atoms with Crippen molar-refractivity contribution < 1.29 is 0 Å². The van der Waals surface area contributed by atoms with Gasteiger partial charge in [-0.3, -0.25) is 9.98 Å². The van der Waals surface area contributed by atoms with Gasteiger partial charge in [-0.1, -0.05) is 137 Å². The van der Waals surface area contributed by atoms with E-state index in [-0.39, 0.29) is 0 Å². The lowest BCUT2D eigenvalue weighted by atomic mass is 9.88. The molecule has 0 fully saturated rings. The van der Waals surface area contributed by atoms with Crippen LogP contribution in [0.3, 0.4) is 0 Å². The minimum Gasteiger partial charge on any atom is -0.255 e. The van der Waals surface area contributed by atoms with Gasteiger partial charge in [-0.25, -0.2) is 0 Å². The molecule has 0 unspecified atom stereocenters. The summed E-state index contributed by atoms with van der Waals surface area (Å²) in [6.45, 7) is 8.86. The van der Waals surface area contributed by atoms with E-state index in [9.17, 15) is 0 Å². The van der Waals surface area contributed by atoms with Crippen LogP contribution in [0.4, 0.5) is 11.4 Å². The van der Waals surface area contributed by atoms with E-state index in [0.717, 1.165) is 49.2 Å². The van der Waals surface area contributed by atoms with Crippen LogP contribution in [-0.2, 0) is 19.3 Å². The molecule has 47 heavy (non-hydrogen) atoms. The first-order chi connectivity index (χ1) is 23.1. The standard InChI is InChI=1S/C45H50N2/c1-5-8-10-20-28-42-35(7-3)29-40(31-43(42)36-22-14-11-15-23-36)46-33-34(4)47-41-30-39(21-9-6-2)45(38-26-18-13-19-27-38)44(32-41)37-24-16-12-17-25-37/h11-19,22-27,29-33H,5-10,20-21,28H2,1-4H3. The molecule has 5 aromatic rings. The van der Waals surface area contributed by atoms with E-state index in [1.54, 1.807) is 0 Å². The highest BCUT2D eigenvalue weighted by molar-refractivity contribution is 6.30. The van der Waals surface area contributed by atoms with Crippen LogP contribution in [-0.4, -0.2) is 11.9 Å². The summed E-state index contributed by atoms with van der Waals surface area (Å²) in [5.41, 5.74) is 14.6. The zero-order chi connectivity index (χ0) is 32.8. The lowest BCUT2D eigenvalue weighted by molar-refractivity contribution is 0.665. The Morgan fingerprint density at radius 1 is 0.553 bits per heavy atom. The van der Waals surface area contributed by atoms with E-state index in [0.29, 0.717) is 0 Å². The van der Waals surface area contributed by atoms with E-state index in [1.165, 1.54) is 75.8 Å². The molecule has 0 aliphatic heterocycles. The second-order valence-corrected chi connectivity index (χ2v) is 12.5. The predicted octanol–water partition coefficient (Wildman–Crippen LogP) is 13.2. The van der Waals surface area contributed by atoms with Gasteiger partial charge in [0.2, 0.25) is 0 Å². The lowest BCUT2D eigenvalue weighted by Gasteiger charge is -2.17. The van der Waals surface area contributed by atoms with E-state index in [1.807, 2.05) is 6.21 Å². The Bertz CT molecular complexity index is 1770. The summed E-state index contributed by atoms with van der Waals surface area (Å²) in [6, 6.07) is 41.5. The highest BCUT2D eigenvalue weighted by atomic mass is 14.8. The van der Waals surface area contributed by atoms with E-state index >= 15 is 0 Å². The topological polar surface area (TPSA) is 24.7 Å². The van der Waals surface area contributed by atoms with Gasteiger partial charge >= 0.3 is 0 Å². The minimum absolute atomic E-state index is 0.890. The number of rotatable bonds is 15. The Morgan fingerprint density at radius 3 is 1.74 bits per heavy atom. The molecule has 240 valence electrons. The Balaban J connectivity index is 1.53. The van der Waals surface area contributed by atoms with Crippen molar-refractivity contribution in [2.24, 2.45) is 9.98 Å². The first-order valence-electron chi connectivity index (χ1n) is 17.7. The molecular formula is C45H50N2. The van der Waals surface area contributed by atoms with Crippen LogP contribution in [0.5, 0.6) is 0 Å². The monoisotopic (exact) mass is 618 g/mol. The molecule has 0 saturated heterocycles. The Kier molecular flexibility index (Phi) is 12.5. The van der Waals surface area contributed by atoms with Crippen LogP contribution in [0.2, 0.25) is 0 Å². The number of nitrogens with zero attached hydrogens (tertiary/aromatic N) is 2. The number of hydrogen-bond donors (Lipinski definition) is 0. The zero-order valence-electron chi connectivity index (χ0n) is 28.8. The number of benzene rings is 5. The maximum Gasteiger partial charge on any atom is 0.0642 e. The molecule has 0 aliphatic carbocycles. The number of aryl methyl sites for hydroxylation is 2. The van der Waals surface area contributed by atoms with Gasteiger partial charge in [0, 0.05) is 6.21 Å². The van der Waals surface area contributed by atoms with Crippen molar-refractivity contribution >= 4 is 23.3 Å². The molecule has 2 nitrogen and oxygen atoms in total. The number of unbranched alkanes of at least 4 members (excludes halogenated alkanes) is 4. The van der Waals surface area contributed by atoms with Crippen LogP contribution in [0.25, 0.3) is 33.4 Å². The molecule has 5 aromatic carbocycles. The summed E-state index contributed by atoms with van der Waals surface area (Å²) in [7, 11) is 0. The SMILES string of the molecule is CCCCCCc1c(CC)cc(N=CC(C)=Nc2cc(CCCC)c(-c3ccccc3)c(-c3ccccc3)c2)cc1-c1ccccc1. The quantitative estimate of drug-likeness (QED) is 0.0824. The molecule has 0 radical (unpaired) electrons. The van der Waals surface area contributed by atoms with Crippen molar-refractivity contribution in [3.8, 4) is 33.4 Å². The van der Waals surface area contributed by atoms with Gasteiger partial charge in [-0.05, 0) is 113 Å². The second kappa shape index (κ2) is 17.4. The molecule has 0 bridgehead atoms. The second-order valence-electron chi connectivity index (χ2n) is 12.5. The lowest BCUT2D eigenvalue weighted by Crippen LogP contribution is -1.99. The van der Waals surface area contributed by atoms with Crippen LogP contribution < -0.4 is 0 Å². The number of hydrogen-bond acceptors (Lipinski definition) is 2. The molecule has 0 atom stereocenters. The average Bonchev–Trinajstić information content (AvgIpc) is 3.12. The van der Waals surface area contributed by atoms with Gasteiger partial charge in [-0.2, -0.15) is 0 Å². The maximum absolute atomic E-state index is 5.13. The Morgan fingerprint density at radius 2 is 1.13 bits per heavy atom. The first-order valence-corrected chi connectivity index (χ1v) is 17.7. The molecule has 2 heteroatoms. The van der Waals surface area contributed by atoms with Gasteiger partial charge < -0.3 is 0 Å². The third kappa shape index (κ3) is 9.04. The third-order valence-electron chi connectivity index (χ3n) is 8.93. The summed E-state index contributed by atoms with van der Waals surface area (Å²) in [5, 5.41) is 0. The van der Waals surface area contributed by atoms with Gasteiger partial charge in [0.05, 0.1) is 17.1 Å². The van der Waals surface area contributed by atoms with Crippen molar-refractivity contribution in [1.82, 2.24) is 0 Å². The Labute approximate surface area is 283 Å². The molecule has 0 spiro atoms. The normalized spacial score (nSPS) is 11.8. The summed E-state index contributed by atoms with van der Waals surface area (Å²) >= 11 is 0. The van der Waals surface area contributed by atoms with Crippen molar-refractivity contribution in [3.63, 3.8) is 0 Å². The molecular weight excluding hydrogens is 569 g/mol. The van der Waals surface area contributed by atoms with Crippen molar-refractivity contribution in [1.29, 1.82) is 0 Å².